The van der Waals surface area contributed by atoms with Gasteiger partial charge in [0, 0.05) is 5.57 Å². The predicted molar refractivity (Wildman–Crippen MR) is 132 cm³/mol. The van der Waals surface area contributed by atoms with Gasteiger partial charge >= 0.3 is 11.9 Å². The molecule has 3 aromatic carbocycles. The summed E-state index contributed by atoms with van der Waals surface area (Å²) >= 11 is 0. The van der Waals surface area contributed by atoms with Gasteiger partial charge in [0.1, 0.15) is 43.7 Å². The van der Waals surface area contributed by atoms with E-state index in [4.69, 9.17) is 18.9 Å². The normalized spacial score (nSPS) is 10.1. The van der Waals surface area contributed by atoms with Crippen molar-refractivity contribution in [2.75, 3.05) is 26.4 Å². The quantitative estimate of drug-likeness (QED) is 0.113. The van der Waals surface area contributed by atoms with E-state index in [1.807, 2.05) is 36.4 Å². The van der Waals surface area contributed by atoms with E-state index in [0.717, 1.165) is 11.1 Å². The Bertz CT molecular complexity index is 1170. The molecule has 0 aliphatic carbocycles. The molecular weight excluding hydrogens is 464 g/mol. The molecule has 0 radical (unpaired) electrons. The smallest absolute Gasteiger partial charge is 0.343 e. The van der Waals surface area contributed by atoms with E-state index in [1.54, 1.807) is 43.3 Å². The highest BCUT2D eigenvalue weighted by molar-refractivity contribution is 5.91. The van der Waals surface area contributed by atoms with Crippen molar-refractivity contribution in [2.24, 2.45) is 0 Å². The van der Waals surface area contributed by atoms with E-state index in [9.17, 15) is 14.4 Å². The van der Waals surface area contributed by atoms with Crippen LogP contribution in [0.5, 0.6) is 17.2 Å². The molecule has 3 aromatic rings. The molecule has 0 amide bonds. The summed E-state index contributed by atoms with van der Waals surface area (Å²) < 4.78 is 25.9. The zero-order valence-electron chi connectivity index (χ0n) is 19.8. The molecule has 0 N–H and O–H groups in total. The number of benzene rings is 3. The van der Waals surface area contributed by atoms with Crippen molar-refractivity contribution in [3.8, 4) is 28.4 Å². The highest BCUT2D eigenvalue weighted by atomic mass is 16.6. The van der Waals surface area contributed by atoms with Crippen LogP contribution in [-0.2, 0) is 19.1 Å². The van der Waals surface area contributed by atoms with Crippen LogP contribution in [0.15, 0.2) is 84.9 Å². The molecule has 186 valence electrons. The molecule has 0 unspecified atom stereocenters. The molecule has 0 saturated heterocycles. The third kappa shape index (κ3) is 8.02. The minimum Gasteiger partial charge on any atom is -0.490 e. The van der Waals surface area contributed by atoms with E-state index >= 15 is 0 Å². The zero-order valence-corrected chi connectivity index (χ0v) is 19.8. The Kier molecular flexibility index (Phi) is 9.64. The van der Waals surface area contributed by atoms with Gasteiger partial charge in [-0.3, -0.25) is 4.79 Å². The van der Waals surface area contributed by atoms with Crippen molar-refractivity contribution in [3.05, 3.63) is 90.5 Å². The lowest BCUT2D eigenvalue weighted by Gasteiger charge is -2.09. The standard InChI is InChI=1S/C28H26O8/c1-20(2)27(30)35-18-17-34-24-9-7-22(8-10-24)21-3-5-23(6-4-21)28(31)36-26-13-11-25(12-14-26)33-16-15-32-19-29/h3-14,19H,1,15-18H2,2H3. The molecule has 0 aliphatic heterocycles. The first kappa shape index (κ1) is 26.0. The molecule has 8 heteroatoms. The third-order valence-corrected chi connectivity index (χ3v) is 4.81. The Morgan fingerprint density at radius 2 is 1.22 bits per heavy atom. The van der Waals surface area contributed by atoms with E-state index in [-0.39, 0.29) is 26.4 Å². The first-order chi connectivity index (χ1) is 17.5. The van der Waals surface area contributed by atoms with Gasteiger partial charge in [0.2, 0.25) is 0 Å². The van der Waals surface area contributed by atoms with Gasteiger partial charge in [-0.15, -0.1) is 0 Å². The van der Waals surface area contributed by atoms with Crippen LogP contribution >= 0.6 is 0 Å². The second-order valence-electron chi connectivity index (χ2n) is 7.54. The Labute approximate surface area is 209 Å². The second kappa shape index (κ2) is 13.3. The fourth-order valence-corrected chi connectivity index (χ4v) is 2.99. The molecule has 0 fully saturated rings. The molecule has 0 bridgehead atoms. The highest BCUT2D eigenvalue weighted by Gasteiger charge is 2.10. The van der Waals surface area contributed by atoms with Crippen molar-refractivity contribution in [3.63, 3.8) is 0 Å². The minimum absolute atomic E-state index is 0.140. The number of hydrogen-bond acceptors (Lipinski definition) is 8. The van der Waals surface area contributed by atoms with E-state index < -0.39 is 11.9 Å². The van der Waals surface area contributed by atoms with Gasteiger partial charge in [-0.2, -0.15) is 0 Å². The van der Waals surface area contributed by atoms with Gasteiger partial charge in [0.05, 0.1) is 5.56 Å². The van der Waals surface area contributed by atoms with Crippen molar-refractivity contribution >= 4 is 18.4 Å². The van der Waals surface area contributed by atoms with Crippen LogP contribution in [-0.4, -0.2) is 44.8 Å². The van der Waals surface area contributed by atoms with E-state index in [1.165, 1.54) is 0 Å². The van der Waals surface area contributed by atoms with Crippen LogP contribution < -0.4 is 14.2 Å². The maximum Gasteiger partial charge on any atom is 0.343 e. The summed E-state index contributed by atoms with van der Waals surface area (Å²) in [5, 5.41) is 0. The van der Waals surface area contributed by atoms with Gasteiger partial charge in [-0.25, -0.2) is 9.59 Å². The summed E-state index contributed by atoms with van der Waals surface area (Å²) in [6.45, 7) is 6.23. The van der Waals surface area contributed by atoms with Crippen LogP contribution in [0, 0.1) is 0 Å². The lowest BCUT2D eigenvalue weighted by molar-refractivity contribution is -0.139. The number of esters is 2. The van der Waals surface area contributed by atoms with E-state index in [2.05, 4.69) is 11.3 Å². The molecule has 0 aliphatic rings. The third-order valence-electron chi connectivity index (χ3n) is 4.81. The lowest BCUT2D eigenvalue weighted by Crippen LogP contribution is -2.12. The summed E-state index contributed by atoms with van der Waals surface area (Å²) in [5.74, 6) is 0.673. The summed E-state index contributed by atoms with van der Waals surface area (Å²) in [6, 6.07) is 21.1. The molecule has 0 saturated carbocycles. The topological polar surface area (TPSA) is 97.4 Å². The van der Waals surface area contributed by atoms with Crippen LogP contribution in [0.1, 0.15) is 17.3 Å². The summed E-state index contributed by atoms with van der Waals surface area (Å²) in [7, 11) is 0. The number of rotatable bonds is 13. The maximum absolute atomic E-state index is 12.5. The van der Waals surface area contributed by atoms with Crippen molar-refractivity contribution in [1.82, 2.24) is 0 Å². The van der Waals surface area contributed by atoms with E-state index in [0.29, 0.717) is 34.9 Å². The van der Waals surface area contributed by atoms with Crippen molar-refractivity contribution < 1.29 is 38.1 Å². The van der Waals surface area contributed by atoms with Gasteiger partial charge < -0.3 is 23.7 Å². The maximum atomic E-state index is 12.5. The summed E-state index contributed by atoms with van der Waals surface area (Å²) in [6.07, 6.45) is 0. The van der Waals surface area contributed by atoms with Crippen LogP contribution in [0.2, 0.25) is 0 Å². The number of carbonyl (C=O) groups is 3. The summed E-state index contributed by atoms with van der Waals surface area (Å²) in [4.78, 5) is 33.9. The Hall–Kier alpha value is -4.59. The van der Waals surface area contributed by atoms with Crippen LogP contribution in [0.3, 0.4) is 0 Å². The van der Waals surface area contributed by atoms with Crippen molar-refractivity contribution in [2.45, 2.75) is 6.92 Å². The first-order valence-electron chi connectivity index (χ1n) is 11.1. The van der Waals surface area contributed by atoms with Crippen LogP contribution in [0.4, 0.5) is 0 Å². The Morgan fingerprint density at radius 1 is 0.722 bits per heavy atom. The molecule has 0 atom stereocenters. The Morgan fingerprint density at radius 3 is 1.78 bits per heavy atom. The predicted octanol–water partition coefficient (Wildman–Crippen LogP) is 4.62. The average molecular weight is 491 g/mol. The van der Waals surface area contributed by atoms with Crippen molar-refractivity contribution in [1.29, 1.82) is 0 Å². The van der Waals surface area contributed by atoms with Gasteiger partial charge in [0.25, 0.3) is 6.47 Å². The molecular formula is C28H26O8. The zero-order chi connectivity index (χ0) is 25.8. The fraction of sp³-hybridized carbons (Fsp3) is 0.179. The number of hydrogen-bond donors (Lipinski definition) is 0. The monoisotopic (exact) mass is 490 g/mol. The summed E-state index contributed by atoms with van der Waals surface area (Å²) in [5.41, 5.74) is 2.63. The molecule has 0 aromatic heterocycles. The van der Waals surface area contributed by atoms with Crippen LogP contribution in [0.25, 0.3) is 11.1 Å². The first-order valence-corrected chi connectivity index (χ1v) is 11.1. The number of ether oxygens (including phenoxy) is 5. The molecule has 0 spiro atoms. The largest absolute Gasteiger partial charge is 0.490 e. The molecule has 3 rings (SSSR count). The fourth-order valence-electron chi connectivity index (χ4n) is 2.99. The minimum atomic E-state index is -0.481. The molecule has 8 nitrogen and oxygen atoms in total. The van der Waals surface area contributed by atoms with Gasteiger partial charge in [-0.05, 0) is 66.6 Å². The van der Waals surface area contributed by atoms with Gasteiger partial charge in [-0.1, -0.05) is 30.8 Å². The number of carbonyl (C=O) groups excluding carboxylic acids is 3. The molecule has 36 heavy (non-hydrogen) atoms. The lowest BCUT2D eigenvalue weighted by atomic mass is 10.0. The van der Waals surface area contributed by atoms with Gasteiger partial charge in [0.15, 0.2) is 0 Å². The second-order valence-corrected chi connectivity index (χ2v) is 7.54. The SMILES string of the molecule is C=C(C)C(=O)OCCOc1ccc(-c2ccc(C(=O)Oc3ccc(OCCOC=O)cc3)cc2)cc1. The average Bonchev–Trinajstić information content (AvgIpc) is 2.90. The highest BCUT2D eigenvalue weighted by Crippen LogP contribution is 2.24. The Balaban J connectivity index is 1.49. The molecule has 0 heterocycles.